The van der Waals surface area contributed by atoms with Crippen LogP contribution < -0.4 is 10.1 Å². The smallest absolute Gasteiger partial charge is 0.258 e. The third-order valence-electron chi connectivity index (χ3n) is 4.39. The zero-order valence-electron chi connectivity index (χ0n) is 17.2. The molecule has 0 atom stereocenters. The Morgan fingerprint density at radius 3 is 2.45 bits per heavy atom. The number of thiazole rings is 1. The molecule has 0 saturated carbocycles. The Hall–Kier alpha value is -3.22. The van der Waals surface area contributed by atoms with Gasteiger partial charge in [-0.25, -0.2) is 4.98 Å². The molecule has 0 aliphatic carbocycles. The van der Waals surface area contributed by atoms with Crippen molar-refractivity contribution >= 4 is 45.4 Å². The van der Waals surface area contributed by atoms with Crippen LogP contribution in [0.15, 0.2) is 77.5 Å². The molecular formula is C25H22N2O2S2. The van der Waals surface area contributed by atoms with E-state index < -0.39 is 0 Å². The number of anilines is 1. The first kappa shape index (κ1) is 21.0. The summed E-state index contributed by atoms with van der Waals surface area (Å²) in [4.78, 5) is 18.8. The van der Waals surface area contributed by atoms with E-state index in [1.807, 2.05) is 97.4 Å². The maximum absolute atomic E-state index is 13.2. The second-order valence-corrected chi connectivity index (χ2v) is 8.93. The normalized spacial score (nSPS) is 11.5. The highest BCUT2D eigenvalue weighted by molar-refractivity contribution is 7.16. The monoisotopic (exact) mass is 446 g/mol. The summed E-state index contributed by atoms with van der Waals surface area (Å²) in [5, 5.41) is 7.51. The molecule has 4 nitrogen and oxygen atoms in total. The highest BCUT2D eigenvalue weighted by atomic mass is 32.1. The van der Waals surface area contributed by atoms with E-state index in [4.69, 9.17) is 4.74 Å². The average Bonchev–Trinajstić information content (AvgIpc) is 3.45. The van der Waals surface area contributed by atoms with E-state index in [0.29, 0.717) is 10.7 Å². The van der Waals surface area contributed by atoms with E-state index in [9.17, 15) is 4.79 Å². The molecule has 0 saturated heterocycles. The van der Waals surface area contributed by atoms with Crippen LogP contribution in [0.25, 0.3) is 22.2 Å². The van der Waals surface area contributed by atoms with Crippen molar-refractivity contribution in [2.75, 3.05) is 5.32 Å². The standard InChI is InChI=1S/C25H22N2O2S2/c1-17(2)29-20-12-10-18(11-13-20)15-21(19-7-4-3-5-8-19)24(28)27-25-26-22(16-31-25)23-9-6-14-30-23/h3-17H,1-2H3,(H,26,27,28)/b21-15+. The second-order valence-electron chi connectivity index (χ2n) is 7.13. The summed E-state index contributed by atoms with van der Waals surface area (Å²) in [6, 6.07) is 21.4. The number of benzene rings is 2. The zero-order chi connectivity index (χ0) is 21.6. The summed E-state index contributed by atoms with van der Waals surface area (Å²) >= 11 is 3.05. The molecule has 2 aromatic heterocycles. The van der Waals surface area contributed by atoms with E-state index >= 15 is 0 Å². The number of ether oxygens (including phenoxy) is 1. The minimum atomic E-state index is -0.194. The topological polar surface area (TPSA) is 51.2 Å². The number of nitrogens with one attached hydrogen (secondary N) is 1. The lowest BCUT2D eigenvalue weighted by molar-refractivity contribution is -0.111. The third-order valence-corrected chi connectivity index (χ3v) is 6.04. The van der Waals surface area contributed by atoms with Gasteiger partial charge in [-0.3, -0.25) is 10.1 Å². The Kier molecular flexibility index (Phi) is 6.60. The summed E-state index contributed by atoms with van der Waals surface area (Å²) in [6.45, 7) is 3.99. The average molecular weight is 447 g/mol. The number of rotatable bonds is 7. The molecule has 4 aromatic rings. The van der Waals surface area contributed by atoms with E-state index in [2.05, 4.69) is 10.3 Å². The fourth-order valence-corrected chi connectivity index (χ4v) is 4.48. The number of amides is 1. The first-order chi connectivity index (χ1) is 15.1. The summed E-state index contributed by atoms with van der Waals surface area (Å²) in [5.74, 6) is 0.613. The van der Waals surface area contributed by atoms with Gasteiger partial charge in [0.05, 0.1) is 16.7 Å². The Balaban J connectivity index is 1.59. The molecule has 0 bridgehead atoms. The number of aromatic nitrogens is 1. The fourth-order valence-electron chi connectivity index (χ4n) is 3.01. The lowest BCUT2D eigenvalue weighted by Gasteiger charge is -2.10. The minimum absolute atomic E-state index is 0.115. The van der Waals surface area contributed by atoms with Crippen molar-refractivity contribution in [2.45, 2.75) is 20.0 Å². The summed E-state index contributed by atoms with van der Waals surface area (Å²) in [6.07, 6.45) is 2.00. The largest absolute Gasteiger partial charge is 0.491 e. The predicted octanol–water partition coefficient (Wildman–Crippen LogP) is 6.84. The van der Waals surface area contributed by atoms with Gasteiger partial charge in [0.2, 0.25) is 0 Å². The number of hydrogen-bond donors (Lipinski definition) is 1. The SMILES string of the molecule is CC(C)Oc1ccc(/C=C(/C(=O)Nc2nc(-c3cccs3)cs2)c2ccccc2)cc1. The zero-order valence-corrected chi connectivity index (χ0v) is 18.9. The maximum atomic E-state index is 13.2. The Morgan fingerprint density at radius 2 is 1.77 bits per heavy atom. The van der Waals surface area contributed by atoms with Crippen LogP contribution in [0.1, 0.15) is 25.0 Å². The molecule has 0 radical (unpaired) electrons. The number of carbonyl (C=O) groups excluding carboxylic acids is 1. The van der Waals surface area contributed by atoms with Crippen LogP contribution in [0.3, 0.4) is 0 Å². The van der Waals surface area contributed by atoms with Crippen molar-refractivity contribution < 1.29 is 9.53 Å². The molecule has 2 aromatic carbocycles. The molecule has 4 rings (SSSR count). The number of carbonyl (C=O) groups is 1. The van der Waals surface area contributed by atoms with Gasteiger partial charge in [-0.2, -0.15) is 0 Å². The quantitative estimate of drug-likeness (QED) is 0.250. The highest BCUT2D eigenvalue weighted by Crippen LogP contribution is 2.29. The summed E-state index contributed by atoms with van der Waals surface area (Å²) in [5.41, 5.74) is 3.22. The lowest BCUT2D eigenvalue weighted by atomic mass is 10.0. The van der Waals surface area contributed by atoms with Crippen LogP contribution in [-0.4, -0.2) is 17.0 Å². The fraction of sp³-hybridized carbons (Fsp3) is 0.120. The van der Waals surface area contributed by atoms with Crippen molar-refractivity contribution in [1.82, 2.24) is 4.98 Å². The van der Waals surface area contributed by atoms with Crippen molar-refractivity contribution in [3.63, 3.8) is 0 Å². The van der Waals surface area contributed by atoms with Gasteiger partial charge >= 0.3 is 0 Å². The van der Waals surface area contributed by atoms with Gasteiger partial charge in [0.1, 0.15) is 5.75 Å². The Bertz CT molecular complexity index is 1160. The van der Waals surface area contributed by atoms with Crippen LogP contribution in [0, 0.1) is 0 Å². The third kappa shape index (κ3) is 5.48. The van der Waals surface area contributed by atoms with Gasteiger partial charge < -0.3 is 4.74 Å². The number of thiophene rings is 1. The van der Waals surface area contributed by atoms with Gasteiger partial charge in [0, 0.05) is 11.0 Å². The van der Waals surface area contributed by atoms with Crippen LogP contribution in [0.5, 0.6) is 5.75 Å². The van der Waals surface area contributed by atoms with Crippen LogP contribution in [-0.2, 0) is 4.79 Å². The molecule has 31 heavy (non-hydrogen) atoms. The first-order valence-corrected chi connectivity index (χ1v) is 11.7. The molecule has 6 heteroatoms. The van der Waals surface area contributed by atoms with Crippen molar-refractivity contribution in [3.05, 3.63) is 88.6 Å². The molecule has 0 unspecified atom stereocenters. The molecule has 1 amide bonds. The second kappa shape index (κ2) is 9.73. The molecule has 0 aliphatic heterocycles. The highest BCUT2D eigenvalue weighted by Gasteiger charge is 2.15. The molecular weight excluding hydrogens is 424 g/mol. The van der Waals surface area contributed by atoms with Crippen molar-refractivity contribution in [2.24, 2.45) is 0 Å². The summed E-state index contributed by atoms with van der Waals surface area (Å²) < 4.78 is 5.71. The molecule has 0 aliphatic rings. The van der Waals surface area contributed by atoms with Gasteiger partial charge in [-0.15, -0.1) is 22.7 Å². The van der Waals surface area contributed by atoms with E-state index in [1.54, 1.807) is 11.3 Å². The minimum Gasteiger partial charge on any atom is -0.491 e. The molecule has 2 heterocycles. The van der Waals surface area contributed by atoms with Gasteiger partial charge in [0.25, 0.3) is 5.91 Å². The van der Waals surface area contributed by atoms with Crippen LogP contribution in [0.2, 0.25) is 0 Å². The van der Waals surface area contributed by atoms with E-state index in [0.717, 1.165) is 27.4 Å². The van der Waals surface area contributed by atoms with E-state index in [-0.39, 0.29) is 12.0 Å². The first-order valence-electron chi connectivity index (χ1n) is 9.93. The molecule has 0 spiro atoms. The lowest BCUT2D eigenvalue weighted by Crippen LogP contribution is -2.13. The van der Waals surface area contributed by atoms with Crippen LogP contribution in [0.4, 0.5) is 5.13 Å². The van der Waals surface area contributed by atoms with Crippen molar-refractivity contribution in [1.29, 1.82) is 0 Å². The van der Waals surface area contributed by atoms with Crippen LogP contribution >= 0.6 is 22.7 Å². The number of hydrogen-bond acceptors (Lipinski definition) is 5. The maximum Gasteiger partial charge on any atom is 0.258 e. The van der Waals surface area contributed by atoms with Gasteiger partial charge in [-0.05, 0) is 54.6 Å². The molecule has 156 valence electrons. The van der Waals surface area contributed by atoms with E-state index in [1.165, 1.54) is 11.3 Å². The molecule has 0 fully saturated rings. The van der Waals surface area contributed by atoms with Crippen molar-refractivity contribution in [3.8, 4) is 16.3 Å². The number of nitrogens with zero attached hydrogens (tertiary/aromatic N) is 1. The summed E-state index contributed by atoms with van der Waals surface area (Å²) in [7, 11) is 0. The van der Waals surface area contributed by atoms with Gasteiger partial charge in [0.15, 0.2) is 5.13 Å². The van der Waals surface area contributed by atoms with Gasteiger partial charge in [-0.1, -0.05) is 48.5 Å². The Morgan fingerprint density at radius 1 is 1.00 bits per heavy atom. The predicted molar refractivity (Wildman–Crippen MR) is 131 cm³/mol. The molecule has 1 N–H and O–H groups in total. The Labute approximate surface area is 189 Å².